The predicted molar refractivity (Wildman–Crippen MR) is 6.44 cm³/mol. The Labute approximate surface area is 207 Å². The molecule has 0 aromatic rings. The first kappa shape index (κ1) is 38.8. The van der Waals surface area contributed by atoms with E-state index >= 15 is 0 Å². The molecule has 1 nitrogen and oxygen atoms in total. The molecule has 0 fully saturated rings. The fourth-order valence-corrected chi connectivity index (χ4v) is 0. The zero-order chi connectivity index (χ0) is 0. The molecule has 0 N–H and O–H groups in total. The first-order valence-corrected chi connectivity index (χ1v) is 0. The summed E-state index contributed by atoms with van der Waals surface area (Å²) in [6.07, 6.45) is 0. The third-order valence-electron chi connectivity index (χ3n) is 0. The van der Waals surface area contributed by atoms with Crippen molar-refractivity contribution in [3.05, 3.63) is 0 Å². The van der Waals surface area contributed by atoms with Crippen LogP contribution < -0.4 is 68.9 Å². The van der Waals surface area contributed by atoms with Gasteiger partial charge in [-0.3, -0.25) is 0 Å². The van der Waals surface area contributed by atoms with E-state index in [4.69, 9.17) is 0 Å². The average Bonchev–Trinajstić information content (AvgIpc) is 0. The van der Waals surface area contributed by atoms with E-state index in [1.165, 1.54) is 0 Å². The molecule has 8 valence electrons. The van der Waals surface area contributed by atoms with Crippen LogP contribution in [0.1, 0.15) is 0 Å². The summed E-state index contributed by atoms with van der Waals surface area (Å²) in [7, 11) is 0. The van der Waals surface area contributed by atoms with Crippen LogP contribution in [-0.2, 0) is 97.1 Å². The summed E-state index contributed by atoms with van der Waals surface area (Å²) in [5.74, 6) is 0. The minimum Gasteiger partial charge on any atom is -2.00 e. The van der Waals surface area contributed by atoms with Gasteiger partial charge in [-0.05, 0) is 0 Å². The SMILES string of the molecule is [Ba+2].[Cs+].[O-2].[Y+3].[Y+3].[Zr+4]. The summed E-state index contributed by atoms with van der Waals surface area (Å²) >= 11 is 0. The second-order valence-electron chi connectivity index (χ2n) is 0. The van der Waals surface area contributed by atoms with Crippen LogP contribution in [0.4, 0.5) is 0 Å². The van der Waals surface area contributed by atoms with Crippen molar-refractivity contribution in [1.82, 2.24) is 0 Å². The molecule has 0 atom stereocenters. The molecular formula is BaCsOY2Zr+11. The Morgan fingerprint density at radius 2 is 0.833 bits per heavy atom. The molecule has 0 aliphatic rings. The van der Waals surface area contributed by atoms with Gasteiger partial charge in [0, 0.05) is 0 Å². The fraction of sp³-hybridized carbons (Fsp3) is 0. The van der Waals surface area contributed by atoms with E-state index in [9.17, 15) is 0 Å². The molecule has 0 aromatic carbocycles. The van der Waals surface area contributed by atoms with Gasteiger partial charge < -0.3 is 5.48 Å². The number of hydrogen-bond donors (Lipinski definition) is 0. The maximum atomic E-state index is 0. The standard InChI is InChI=1S/Ba.Cs.O.2Y.Zr/q+2;+1;-2;2*+3;+4. The Kier molecular flexibility index (Phi) is 193. The van der Waals surface area contributed by atoms with Gasteiger partial charge in [-0.25, -0.2) is 0 Å². The molecule has 0 aromatic heterocycles. The van der Waals surface area contributed by atoms with Gasteiger partial charge in [-0.15, -0.1) is 0 Å². The van der Waals surface area contributed by atoms with E-state index in [0.29, 0.717) is 0 Å². The second-order valence-corrected chi connectivity index (χ2v) is 0. The molecule has 0 heterocycles. The fourth-order valence-electron chi connectivity index (χ4n) is 0. The summed E-state index contributed by atoms with van der Waals surface area (Å²) in [6, 6.07) is 0. The quantitative estimate of drug-likeness (QED) is 0.278. The molecule has 0 saturated carbocycles. The zero-order valence-corrected chi connectivity index (χ0v) is 22.6. The molecule has 0 unspecified atom stereocenters. The van der Waals surface area contributed by atoms with Crippen molar-refractivity contribution in [3.8, 4) is 0 Å². The van der Waals surface area contributed by atoms with Crippen LogP contribution in [0.25, 0.3) is 0 Å². The second kappa shape index (κ2) is 29.9. The van der Waals surface area contributed by atoms with E-state index < -0.39 is 0 Å². The van der Waals surface area contributed by atoms with Crippen molar-refractivity contribution in [2.45, 2.75) is 0 Å². The van der Waals surface area contributed by atoms with Crippen LogP contribution >= 0.6 is 0 Å². The topological polar surface area (TPSA) is 28.5 Å². The summed E-state index contributed by atoms with van der Waals surface area (Å²) in [5, 5.41) is 0. The van der Waals surface area contributed by atoms with E-state index in [1.54, 1.807) is 0 Å². The first-order valence-electron chi connectivity index (χ1n) is 0. The van der Waals surface area contributed by atoms with Crippen molar-refractivity contribution in [2.75, 3.05) is 0 Å². The van der Waals surface area contributed by atoms with Crippen molar-refractivity contribution < 1.29 is 166 Å². The van der Waals surface area contributed by atoms with Crippen LogP contribution in [0.15, 0.2) is 0 Å². The Bertz CT molecular complexity index is 13.5. The third kappa shape index (κ3) is 22.4. The zero-order valence-electron chi connectivity index (χ0n) is 3.77. The molecule has 0 bridgehead atoms. The predicted octanol–water partition coefficient (Wildman–Crippen LogP) is -3.50. The average molecular weight is 555 g/mol. The van der Waals surface area contributed by atoms with Crippen molar-refractivity contribution in [3.63, 3.8) is 0 Å². The van der Waals surface area contributed by atoms with E-state index in [2.05, 4.69) is 0 Å². The van der Waals surface area contributed by atoms with Gasteiger partial charge in [-0.1, -0.05) is 0 Å². The largest absolute Gasteiger partial charge is 4.00 e. The minimum atomic E-state index is 0. The van der Waals surface area contributed by atoms with Crippen LogP contribution in [0.3, 0.4) is 0 Å². The summed E-state index contributed by atoms with van der Waals surface area (Å²) < 4.78 is 0. The minimum absolute atomic E-state index is 0. The first-order chi connectivity index (χ1) is 0. The van der Waals surface area contributed by atoms with Crippen molar-refractivity contribution in [1.29, 1.82) is 0 Å². The molecule has 0 aliphatic carbocycles. The van der Waals surface area contributed by atoms with Gasteiger partial charge in [0.1, 0.15) is 0 Å². The molecule has 0 rings (SSSR count). The maximum absolute atomic E-state index is 0. The van der Waals surface area contributed by atoms with Crippen molar-refractivity contribution in [2.24, 2.45) is 0 Å². The van der Waals surface area contributed by atoms with Gasteiger partial charge >= 0.3 is 209 Å². The Morgan fingerprint density at radius 3 is 0.833 bits per heavy atom. The number of hydrogen-bond acceptors (Lipinski definition) is 0. The van der Waals surface area contributed by atoms with Gasteiger partial charge in [0.25, 0.3) is 0 Å². The van der Waals surface area contributed by atoms with E-state index in [1.807, 2.05) is 0 Å². The normalized spacial score (nSPS) is 0. The molecule has 0 spiro atoms. The van der Waals surface area contributed by atoms with E-state index in [0.717, 1.165) is 0 Å². The molecule has 0 saturated heterocycles. The molecule has 0 radical (unpaired) electrons. The third-order valence-corrected chi connectivity index (χ3v) is 0. The van der Waals surface area contributed by atoms with Gasteiger partial charge in [-0.2, -0.15) is 0 Å². The van der Waals surface area contributed by atoms with Crippen molar-refractivity contribution >= 4 is 48.9 Å². The van der Waals surface area contributed by atoms with Gasteiger partial charge in [0.2, 0.25) is 0 Å². The van der Waals surface area contributed by atoms with Crippen LogP contribution in [0, 0.1) is 0 Å². The van der Waals surface area contributed by atoms with Crippen LogP contribution in [0.5, 0.6) is 0 Å². The maximum Gasteiger partial charge on any atom is 4.00 e. The summed E-state index contributed by atoms with van der Waals surface area (Å²) in [4.78, 5) is 0. The van der Waals surface area contributed by atoms with E-state index in [-0.39, 0.29) is 215 Å². The Morgan fingerprint density at radius 1 is 0.833 bits per heavy atom. The van der Waals surface area contributed by atoms with Crippen LogP contribution in [-0.4, -0.2) is 48.9 Å². The Balaban J connectivity index is 0. The molecule has 6 heavy (non-hydrogen) atoms. The number of rotatable bonds is 0. The van der Waals surface area contributed by atoms with Gasteiger partial charge in [0.15, 0.2) is 0 Å². The Hall–Kier alpha value is 6.67. The molecular weight excluding hydrogens is 555 g/mol. The molecule has 0 amide bonds. The monoisotopic (exact) mass is 555 g/mol. The molecule has 6 heteroatoms. The summed E-state index contributed by atoms with van der Waals surface area (Å²) in [6.45, 7) is 0. The van der Waals surface area contributed by atoms with Gasteiger partial charge in [0.05, 0.1) is 0 Å². The summed E-state index contributed by atoms with van der Waals surface area (Å²) in [5.41, 5.74) is 0. The smallest absolute Gasteiger partial charge is 2.00 e. The molecule has 0 aliphatic heterocycles. The van der Waals surface area contributed by atoms with Crippen LogP contribution in [0.2, 0.25) is 0 Å².